The molecule has 10 heteroatoms. The van der Waals surface area contributed by atoms with Crippen LogP contribution in [-0.2, 0) is 9.53 Å². The largest absolute Gasteiger partial charge is 0.461 e. The average molecular weight is 391 g/mol. The molecule has 3 rings (SSSR count). The van der Waals surface area contributed by atoms with Crippen LogP contribution in [0.5, 0.6) is 0 Å². The summed E-state index contributed by atoms with van der Waals surface area (Å²) in [4.78, 5) is 31.8. The number of thioether (sulfide) groups is 1. The molecule has 1 amide bonds. The van der Waals surface area contributed by atoms with Crippen molar-refractivity contribution >= 4 is 51.1 Å². The van der Waals surface area contributed by atoms with Gasteiger partial charge >= 0.3 is 5.97 Å². The van der Waals surface area contributed by atoms with Gasteiger partial charge in [0, 0.05) is 0 Å². The van der Waals surface area contributed by atoms with E-state index in [0.29, 0.717) is 11.6 Å². The van der Waals surface area contributed by atoms with Crippen LogP contribution in [0.3, 0.4) is 0 Å². The number of para-hydroxylation sites is 2. The standard InChI is InChI=1S/C16H17N5O3S2/c1-3-11(25-15-17-9-7-5-6-8-10(9)18-15)12(22)19-16-21-20-13(26-16)14(23)24-4-2/h5-8,11H,3-4H2,1-2H3,(H,17,18)(H,19,21,22)/t11-/m1/s1. The third-order valence-corrected chi connectivity index (χ3v) is 5.46. The predicted octanol–water partition coefficient (Wildman–Crippen LogP) is 3.10. The summed E-state index contributed by atoms with van der Waals surface area (Å²) >= 11 is 2.34. The maximum absolute atomic E-state index is 12.5. The molecule has 0 aliphatic heterocycles. The Morgan fingerprint density at radius 1 is 1.31 bits per heavy atom. The highest BCUT2D eigenvalue weighted by Crippen LogP contribution is 2.27. The number of benzene rings is 1. The van der Waals surface area contributed by atoms with Crippen molar-refractivity contribution in [3.8, 4) is 0 Å². The van der Waals surface area contributed by atoms with Gasteiger partial charge in [-0.3, -0.25) is 10.1 Å². The summed E-state index contributed by atoms with van der Waals surface area (Å²) in [7, 11) is 0. The van der Waals surface area contributed by atoms with Crippen LogP contribution in [0, 0.1) is 0 Å². The summed E-state index contributed by atoms with van der Waals surface area (Å²) < 4.78 is 4.86. The van der Waals surface area contributed by atoms with E-state index in [9.17, 15) is 9.59 Å². The van der Waals surface area contributed by atoms with Crippen molar-refractivity contribution < 1.29 is 14.3 Å². The molecular formula is C16H17N5O3S2. The number of nitrogens with zero attached hydrogens (tertiary/aromatic N) is 3. The summed E-state index contributed by atoms with van der Waals surface area (Å²) in [5.74, 6) is -0.765. The first-order valence-electron chi connectivity index (χ1n) is 8.03. The number of imidazole rings is 1. The molecule has 0 spiro atoms. The summed E-state index contributed by atoms with van der Waals surface area (Å²) in [5, 5.41) is 11.0. The Hall–Kier alpha value is -2.46. The number of fused-ring (bicyclic) bond motifs is 1. The van der Waals surface area contributed by atoms with Crippen molar-refractivity contribution in [2.24, 2.45) is 0 Å². The van der Waals surface area contributed by atoms with Gasteiger partial charge in [-0.05, 0) is 25.5 Å². The maximum Gasteiger partial charge on any atom is 0.369 e. The van der Waals surface area contributed by atoms with Crippen LogP contribution in [0.25, 0.3) is 11.0 Å². The smallest absolute Gasteiger partial charge is 0.369 e. The van der Waals surface area contributed by atoms with Gasteiger partial charge in [-0.15, -0.1) is 10.2 Å². The van der Waals surface area contributed by atoms with Crippen molar-refractivity contribution in [1.29, 1.82) is 0 Å². The van der Waals surface area contributed by atoms with Gasteiger partial charge in [0.25, 0.3) is 0 Å². The summed E-state index contributed by atoms with van der Waals surface area (Å²) in [6.45, 7) is 3.89. The number of nitrogens with one attached hydrogen (secondary N) is 2. The molecule has 0 unspecified atom stereocenters. The Labute approximate surface area is 157 Å². The lowest BCUT2D eigenvalue weighted by molar-refractivity contribution is -0.115. The molecule has 0 saturated carbocycles. The van der Waals surface area contributed by atoms with Crippen LogP contribution in [-0.4, -0.2) is 43.9 Å². The normalized spacial score (nSPS) is 12.1. The zero-order valence-corrected chi connectivity index (χ0v) is 15.8. The highest BCUT2D eigenvalue weighted by molar-refractivity contribution is 8.00. The molecule has 0 saturated heterocycles. The van der Waals surface area contributed by atoms with Crippen molar-refractivity contribution in [1.82, 2.24) is 20.2 Å². The molecule has 3 aromatic rings. The molecular weight excluding hydrogens is 374 g/mol. The average Bonchev–Trinajstić information content (AvgIpc) is 3.26. The molecule has 0 aliphatic carbocycles. The van der Waals surface area contributed by atoms with Crippen molar-refractivity contribution in [2.45, 2.75) is 30.7 Å². The van der Waals surface area contributed by atoms with E-state index < -0.39 is 5.97 Å². The Kier molecular flexibility index (Phi) is 5.84. The van der Waals surface area contributed by atoms with E-state index >= 15 is 0 Å². The molecule has 8 nitrogen and oxygen atoms in total. The summed E-state index contributed by atoms with van der Waals surface area (Å²) in [6, 6.07) is 7.69. The fourth-order valence-electron chi connectivity index (χ4n) is 2.18. The minimum absolute atomic E-state index is 0.111. The van der Waals surface area contributed by atoms with E-state index in [1.54, 1.807) is 6.92 Å². The number of carbonyl (C=O) groups is 2. The Morgan fingerprint density at radius 3 is 2.85 bits per heavy atom. The van der Waals surface area contributed by atoms with E-state index in [1.807, 2.05) is 31.2 Å². The van der Waals surface area contributed by atoms with Crippen molar-refractivity contribution in [3.63, 3.8) is 0 Å². The van der Waals surface area contributed by atoms with Gasteiger partial charge in [-0.2, -0.15) is 0 Å². The van der Waals surface area contributed by atoms with E-state index in [4.69, 9.17) is 4.74 Å². The van der Waals surface area contributed by atoms with Gasteiger partial charge in [0.2, 0.25) is 16.0 Å². The van der Waals surface area contributed by atoms with Crippen LogP contribution in [0.15, 0.2) is 29.4 Å². The highest BCUT2D eigenvalue weighted by atomic mass is 32.2. The minimum Gasteiger partial charge on any atom is -0.461 e. The highest BCUT2D eigenvalue weighted by Gasteiger charge is 2.22. The maximum atomic E-state index is 12.5. The number of H-pyrrole nitrogens is 1. The third kappa shape index (κ3) is 4.20. The number of esters is 1. The number of hydrogen-bond acceptors (Lipinski definition) is 8. The van der Waals surface area contributed by atoms with Crippen LogP contribution in [0.1, 0.15) is 30.1 Å². The topological polar surface area (TPSA) is 110 Å². The Morgan fingerprint density at radius 2 is 2.12 bits per heavy atom. The number of amides is 1. The third-order valence-electron chi connectivity index (χ3n) is 3.39. The SMILES string of the molecule is CCOC(=O)c1nnc(NC(=O)[C@@H](CC)Sc2nc3ccccc3[nH]2)s1. The second-order valence-corrected chi connectivity index (χ2v) is 7.36. The first-order chi connectivity index (χ1) is 12.6. The zero-order valence-electron chi connectivity index (χ0n) is 14.2. The van der Waals surface area contributed by atoms with Crippen LogP contribution < -0.4 is 5.32 Å². The number of ether oxygens (including phenoxy) is 1. The molecule has 1 atom stereocenters. The first kappa shape index (κ1) is 18.3. The van der Waals surface area contributed by atoms with Crippen molar-refractivity contribution in [2.75, 3.05) is 11.9 Å². The van der Waals surface area contributed by atoms with E-state index in [1.165, 1.54) is 11.8 Å². The van der Waals surface area contributed by atoms with Gasteiger partial charge < -0.3 is 9.72 Å². The predicted molar refractivity (Wildman–Crippen MR) is 101 cm³/mol. The molecule has 2 N–H and O–H groups in total. The van der Waals surface area contributed by atoms with Gasteiger partial charge in [-0.1, -0.05) is 42.2 Å². The number of hydrogen-bond donors (Lipinski definition) is 2. The minimum atomic E-state index is -0.547. The van der Waals surface area contributed by atoms with Gasteiger partial charge in [-0.25, -0.2) is 9.78 Å². The molecule has 2 aromatic heterocycles. The summed E-state index contributed by atoms with van der Waals surface area (Å²) in [5.41, 5.74) is 1.78. The number of rotatable bonds is 7. The number of carbonyl (C=O) groups excluding carboxylic acids is 2. The molecule has 2 heterocycles. The summed E-state index contributed by atoms with van der Waals surface area (Å²) in [6.07, 6.45) is 0.608. The molecule has 0 radical (unpaired) electrons. The Bertz CT molecular complexity index is 890. The lowest BCUT2D eigenvalue weighted by atomic mass is 10.3. The van der Waals surface area contributed by atoms with E-state index in [2.05, 4.69) is 25.5 Å². The van der Waals surface area contributed by atoms with Crippen LogP contribution in [0.2, 0.25) is 0 Å². The molecule has 0 fully saturated rings. The number of aromatic nitrogens is 4. The monoisotopic (exact) mass is 391 g/mol. The molecule has 0 bridgehead atoms. The quantitative estimate of drug-likeness (QED) is 0.470. The van der Waals surface area contributed by atoms with Crippen LogP contribution >= 0.6 is 23.1 Å². The first-order valence-corrected chi connectivity index (χ1v) is 9.73. The molecule has 0 aliphatic rings. The fraction of sp³-hybridized carbons (Fsp3) is 0.312. The molecule has 1 aromatic carbocycles. The molecule has 136 valence electrons. The van der Waals surface area contributed by atoms with Crippen LogP contribution in [0.4, 0.5) is 5.13 Å². The molecule has 26 heavy (non-hydrogen) atoms. The number of anilines is 1. The van der Waals surface area contributed by atoms with Gasteiger partial charge in [0.05, 0.1) is 22.9 Å². The lowest BCUT2D eigenvalue weighted by Crippen LogP contribution is -2.24. The lowest BCUT2D eigenvalue weighted by Gasteiger charge is -2.11. The number of aromatic amines is 1. The van der Waals surface area contributed by atoms with Gasteiger partial charge in [0.15, 0.2) is 5.16 Å². The Balaban J connectivity index is 1.66. The van der Waals surface area contributed by atoms with E-state index in [0.717, 1.165) is 22.4 Å². The fourth-order valence-corrected chi connectivity index (χ4v) is 3.74. The van der Waals surface area contributed by atoms with Gasteiger partial charge in [0.1, 0.15) is 0 Å². The van der Waals surface area contributed by atoms with Crippen molar-refractivity contribution in [3.05, 3.63) is 29.3 Å². The van der Waals surface area contributed by atoms with E-state index in [-0.39, 0.29) is 27.9 Å². The zero-order chi connectivity index (χ0) is 18.5. The second-order valence-electron chi connectivity index (χ2n) is 5.20. The second kappa shape index (κ2) is 8.28.